The molecule has 0 bridgehead atoms. The number of rotatable bonds is 2. The van der Waals surface area contributed by atoms with Gasteiger partial charge in [-0.1, -0.05) is 41.9 Å². The Morgan fingerprint density at radius 1 is 1.29 bits per heavy atom. The quantitative estimate of drug-likeness (QED) is 0.831. The Bertz CT molecular complexity index is 674. The first kappa shape index (κ1) is 14.0. The highest BCUT2D eigenvalue weighted by Gasteiger charge is 2.25. The van der Waals surface area contributed by atoms with Crippen molar-refractivity contribution in [2.24, 2.45) is 5.18 Å². The Morgan fingerprint density at radius 3 is 2.76 bits per heavy atom. The van der Waals surface area contributed by atoms with E-state index in [9.17, 15) is 10.0 Å². The molecule has 1 atom stereocenters. The van der Waals surface area contributed by atoms with Crippen LogP contribution in [0, 0.1) is 4.91 Å². The van der Waals surface area contributed by atoms with Gasteiger partial charge in [0.05, 0.1) is 5.02 Å². The molecule has 0 fully saturated rings. The van der Waals surface area contributed by atoms with Crippen LogP contribution in [0.2, 0.25) is 5.02 Å². The van der Waals surface area contributed by atoms with Gasteiger partial charge in [0.1, 0.15) is 5.75 Å². The highest BCUT2D eigenvalue weighted by atomic mass is 35.5. The van der Waals surface area contributed by atoms with Crippen molar-refractivity contribution in [3.8, 4) is 5.75 Å². The van der Waals surface area contributed by atoms with E-state index in [2.05, 4.69) is 22.6 Å². The van der Waals surface area contributed by atoms with Crippen LogP contribution in [0.15, 0.2) is 41.6 Å². The van der Waals surface area contributed by atoms with E-state index in [1.807, 2.05) is 18.2 Å². The van der Waals surface area contributed by atoms with E-state index < -0.39 is 0 Å². The van der Waals surface area contributed by atoms with Crippen LogP contribution in [0.5, 0.6) is 5.75 Å². The van der Waals surface area contributed by atoms with Gasteiger partial charge < -0.3 is 10.4 Å². The standard InChI is InChI=1S/C16H15ClN2O2/c17-15-11-6-7-18-9-13(10-4-2-1-3-5-10)12(11)8-14(20)16(15)19-21/h1-5,8,13,18,20H,6-7,9H2/t13-/m1/s1. The molecule has 0 aliphatic carbocycles. The summed E-state index contributed by atoms with van der Waals surface area (Å²) in [6.07, 6.45) is 0.709. The van der Waals surface area contributed by atoms with Crippen molar-refractivity contribution in [2.45, 2.75) is 12.3 Å². The van der Waals surface area contributed by atoms with Gasteiger partial charge in [-0.2, -0.15) is 0 Å². The van der Waals surface area contributed by atoms with E-state index in [1.54, 1.807) is 6.07 Å². The van der Waals surface area contributed by atoms with Crippen molar-refractivity contribution in [2.75, 3.05) is 13.1 Å². The molecule has 0 unspecified atom stereocenters. The van der Waals surface area contributed by atoms with Crippen LogP contribution in [0.25, 0.3) is 0 Å². The van der Waals surface area contributed by atoms with Crippen LogP contribution < -0.4 is 5.32 Å². The molecule has 1 heterocycles. The molecular formula is C16H15ClN2O2. The summed E-state index contributed by atoms with van der Waals surface area (Å²) in [6.45, 7) is 1.54. The molecule has 3 rings (SSSR count). The van der Waals surface area contributed by atoms with Gasteiger partial charge >= 0.3 is 0 Å². The van der Waals surface area contributed by atoms with Crippen molar-refractivity contribution < 1.29 is 5.11 Å². The van der Waals surface area contributed by atoms with Crippen LogP contribution in [-0.2, 0) is 6.42 Å². The summed E-state index contributed by atoms with van der Waals surface area (Å²) < 4.78 is 0. The normalized spacial score (nSPS) is 17.9. The maximum atomic E-state index is 10.9. The number of hydrogen-bond donors (Lipinski definition) is 2. The van der Waals surface area contributed by atoms with Crippen LogP contribution in [0.3, 0.4) is 0 Å². The van der Waals surface area contributed by atoms with Gasteiger partial charge in [-0.25, -0.2) is 0 Å². The van der Waals surface area contributed by atoms with Crippen molar-refractivity contribution in [1.82, 2.24) is 5.32 Å². The fourth-order valence-electron chi connectivity index (χ4n) is 2.89. The van der Waals surface area contributed by atoms with Gasteiger partial charge in [0.15, 0.2) is 5.69 Å². The van der Waals surface area contributed by atoms with E-state index in [1.165, 1.54) is 0 Å². The van der Waals surface area contributed by atoms with E-state index >= 15 is 0 Å². The summed E-state index contributed by atoms with van der Waals surface area (Å²) in [6, 6.07) is 11.7. The molecule has 21 heavy (non-hydrogen) atoms. The second-order valence-electron chi connectivity index (χ2n) is 5.13. The number of nitrogens with zero attached hydrogens (tertiary/aromatic N) is 1. The van der Waals surface area contributed by atoms with Crippen LogP contribution in [-0.4, -0.2) is 18.2 Å². The SMILES string of the molecule is O=Nc1c(O)cc2c(c1Cl)CCNC[C@@H]2c1ccccc1. The largest absolute Gasteiger partial charge is 0.505 e. The Kier molecular flexibility index (Phi) is 3.90. The zero-order chi connectivity index (χ0) is 14.8. The lowest BCUT2D eigenvalue weighted by atomic mass is 9.87. The third kappa shape index (κ3) is 2.52. The smallest absolute Gasteiger partial charge is 0.168 e. The molecule has 2 N–H and O–H groups in total. The maximum Gasteiger partial charge on any atom is 0.168 e. The summed E-state index contributed by atoms with van der Waals surface area (Å²) in [5.41, 5.74) is 2.93. The molecular weight excluding hydrogens is 288 g/mol. The maximum absolute atomic E-state index is 10.9. The summed E-state index contributed by atoms with van der Waals surface area (Å²) in [5, 5.41) is 16.5. The molecule has 108 valence electrons. The average molecular weight is 303 g/mol. The second kappa shape index (κ2) is 5.84. The van der Waals surface area contributed by atoms with Gasteiger partial charge in [0.25, 0.3) is 0 Å². The van der Waals surface area contributed by atoms with Gasteiger partial charge in [0.2, 0.25) is 0 Å². The first-order chi connectivity index (χ1) is 10.2. The van der Waals surface area contributed by atoms with E-state index in [-0.39, 0.29) is 22.4 Å². The summed E-state index contributed by atoms with van der Waals surface area (Å²) in [5.74, 6) is -0.0654. The molecule has 0 saturated heterocycles. The second-order valence-corrected chi connectivity index (χ2v) is 5.51. The minimum Gasteiger partial charge on any atom is -0.505 e. The van der Waals surface area contributed by atoms with Crippen LogP contribution in [0.4, 0.5) is 5.69 Å². The predicted octanol–water partition coefficient (Wildman–Crippen LogP) is 3.72. The molecule has 5 heteroatoms. The van der Waals surface area contributed by atoms with E-state index in [4.69, 9.17) is 11.6 Å². The number of phenols is 1. The molecule has 0 aromatic heterocycles. The monoisotopic (exact) mass is 302 g/mol. The third-order valence-corrected chi connectivity index (χ3v) is 4.33. The fraction of sp³-hybridized carbons (Fsp3) is 0.250. The topological polar surface area (TPSA) is 61.7 Å². The summed E-state index contributed by atoms with van der Waals surface area (Å²) in [7, 11) is 0. The molecule has 2 aromatic carbocycles. The zero-order valence-electron chi connectivity index (χ0n) is 11.3. The van der Waals surface area contributed by atoms with Crippen LogP contribution in [0.1, 0.15) is 22.6 Å². The Labute approximate surface area is 127 Å². The Morgan fingerprint density at radius 2 is 2.05 bits per heavy atom. The molecule has 2 aromatic rings. The lowest BCUT2D eigenvalue weighted by molar-refractivity contribution is 0.475. The number of phenolic OH excluding ortho intramolecular Hbond substituents is 1. The Balaban J connectivity index is 2.19. The van der Waals surface area contributed by atoms with Gasteiger partial charge in [-0.05, 0) is 40.9 Å². The lowest BCUT2D eigenvalue weighted by Gasteiger charge is -2.19. The predicted molar refractivity (Wildman–Crippen MR) is 83.4 cm³/mol. The number of nitroso groups, excluding NO2 is 1. The van der Waals surface area contributed by atoms with E-state index in [0.29, 0.717) is 6.42 Å². The molecule has 0 spiro atoms. The van der Waals surface area contributed by atoms with Crippen LogP contribution >= 0.6 is 11.6 Å². The number of hydrogen-bond acceptors (Lipinski definition) is 4. The van der Waals surface area contributed by atoms with Crippen molar-refractivity contribution in [1.29, 1.82) is 0 Å². The molecule has 0 amide bonds. The molecule has 1 aliphatic rings. The molecule has 4 nitrogen and oxygen atoms in total. The summed E-state index contributed by atoms with van der Waals surface area (Å²) >= 11 is 6.28. The zero-order valence-corrected chi connectivity index (χ0v) is 12.1. The number of aromatic hydroxyl groups is 1. The third-order valence-electron chi connectivity index (χ3n) is 3.93. The highest BCUT2D eigenvalue weighted by molar-refractivity contribution is 6.34. The first-order valence-electron chi connectivity index (χ1n) is 6.85. The average Bonchev–Trinajstić information content (AvgIpc) is 2.71. The number of benzene rings is 2. The first-order valence-corrected chi connectivity index (χ1v) is 7.23. The molecule has 0 saturated carbocycles. The van der Waals surface area contributed by atoms with Gasteiger partial charge in [0, 0.05) is 12.5 Å². The minimum atomic E-state index is -0.156. The highest BCUT2D eigenvalue weighted by Crippen LogP contribution is 2.43. The van der Waals surface area contributed by atoms with Crippen molar-refractivity contribution in [3.05, 3.63) is 63.0 Å². The van der Waals surface area contributed by atoms with Gasteiger partial charge in [-0.15, -0.1) is 4.91 Å². The van der Waals surface area contributed by atoms with Crippen molar-refractivity contribution >= 4 is 17.3 Å². The number of nitrogens with one attached hydrogen (secondary N) is 1. The molecule has 0 radical (unpaired) electrons. The Hall–Kier alpha value is -1.91. The minimum absolute atomic E-state index is 0.0656. The lowest BCUT2D eigenvalue weighted by Crippen LogP contribution is -2.20. The number of halogens is 1. The van der Waals surface area contributed by atoms with Gasteiger partial charge in [-0.3, -0.25) is 0 Å². The molecule has 1 aliphatic heterocycles. The summed E-state index contributed by atoms with van der Waals surface area (Å²) in [4.78, 5) is 10.9. The fourth-order valence-corrected chi connectivity index (χ4v) is 3.22. The van der Waals surface area contributed by atoms with E-state index in [0.717, 1.165) is 29.8 Å². The number of fused-ring (bicyclic) bond motifs is 1. The van der Waals surface area contributed by atoms with Crippen molar-refractivity contribution in [3.63, 3.8) is 0 Å².